The number of aryl methyl sites for hydroxylation is 2. The second-order valence-corrected chi connectivity index (χ2v) is 5.72. The second kappa shape index (κ2) is 6.30. The fourth-order valence-corrected chi connectivity index (χ4v) is 2.42. The monoisotopic (exact) mass is 352 g/mol. The molecule has 2 rings (SSSR count). The van der Waals surface area contributed by atoms with Crippen molar-refractivity contribution in [3.05, 3.63) is 45.3 Å². The van der Waals surface area contributed by atoms with Crippen LogP contribution in [0.5, 0.6) is 5.75 Å². The number of hydrogen-bond donors (Lipinski definition) is 0. The Bertz CT molecular complexity index is 647. The van der Waals surface area contributed by atoms with Crippen LogP contribution >= 0.6 is 15.9 Å². The van der Waals surface area contributed by atoms with Gasteiger partial charge in [-0.05, 0) is 32.0 Å². The van der Waals surface area contributed by atoms with E-state index in [-0.39, 0.29) is 5.91 Å². The van der Waals surface area contributed by atoms with Gasteiger partial charge in [-0.15, -0.1) is 0 Å². The van der Waals surface area contributed by atoms with E-state index in [0.29, 0.717) is 17.9 Å². The normalized spacial score (nSPS) is 10.5. The summed E-state index contributed by atoms with van der Waals surface area (Å²) >= 11 is 3.37. The summed E-state index contributed by atoms with van der Waals surface area (Å²) in [5, 5.41) is 3.90. The maximum absolute atomic E-state index is 12.6. The van der Waals surface area contributed by atoms with Crippen molar-refractivity contribution in [3.8, 4) is 5.75 Å². The van der Waals surface area contributed by atoms with Crippen molar-refractivity contribution in [3.63, 3.8) is 0 Å². The molecule has 0 aliphatic carbocycles. The van der Waals surface area contributed by atoms with Gasteiger partial charge in [-0.25, -0.2) is 0 Å². The smallest absolute Gasteiger partial charge is 0.257 e. The third-order valence-corrected chi connectivity index (χ3v) is 3.81. The standard InChI is InChI=1S/C15H17BrN2O3/c1-9-13(10(2)21-17-9)8-18(3)15(19)12-6-5-11(16)7-14(12)20-4/h5-7H,8H2,1-4H3. The lowest BCUT2D eigenvalue weighted by molar-refractivity contribution is 0.0781. The highest BCUT2D eigenvalue weighted by molar-refractivity contribution is 9.10. The number of halogens is 1. The highest BCUT2D eigenvalue weighted by atomic mass is 79.9. The summed E-state index contributed by atoms with van der Waals surface area (Å²) in [7, 11) is 3.29. The van der Waals surface area contributed by atoms with Gasteiger partial charge in [-0.3, -0.25) is 4.79 Å². The molecule has 5 nitrogen and oxygen atoms in total. The fourth-order valence-electron chi connectivity index (χ4n) is 2.08. The number of nitrogens with zero attached hydrogens (tertiary/aromatic N) is 2. The predicted molar refractivity (Wildman–Crippen MR) is 82.5 cm³/mol. The Balaban J connectivity index is 2.24. The molecule has 0 N–H and O–H groups in total. The van der Waals surface area contributed by atoms with Gasteiger partial charge in [0.2, 0.25) is 0 Å². The first-order valence-electron chi connectivity index (χ1n) is 6.44. The van der Waals surface area contributed by atoms with Crippen LogP contribution < -0.4 is 4.74 Å². The molecular formula is C15H17BrN2O3. The number of methoxy groups -OCH3 is 1. The van der Waals surface area contributed by atoms with Crippen molar-refractivity contribution in [1.82, 2.24) is 10.1 Å². The zero-order valence-electron chi connectivity index (χ0n) is 12.4. The number of ether oxygens (including phenoxy) is 1. The Kier molecular flexibility index (Phi) is 4.67. The van der Waals surface area contributed by atoms with Gasteiger partial charge in [-0.2, -0.15) is 0 Å². The second-order valence-electron chi connectivity index (χ2n) is 4.81. The number of carbonyl (C=O) groups is 1. The highest BCUT2D eigenvalue weighted by Crippen LogP contribution is 2.25. The van der Waals surface area contributed by atoms with Crippen molar-refractivity contribution < 1.29 is 14.1 Å². The number of amides is 1. The first-order valence-corrected chi connectivity index (χ1v) is 7.24. The van der Waals surface area contributed by atoms with E-state index >= 15 is 0 Å². The minimum Gasteiger partial charge on any atom is -0.496 e. The summed E-state index contributed by atoms with van der Waals surface area (Å²) in [5.41, 5.74) is 2.26. The zero-order chi connectivity index (χ0) is 15.6. The number of aromatic nitrogens is 1. The molecule has 0 saturated heterocycles. The van der Waals surface area contributed by atoms with Crippen LogP contribution in [0.25, 0.3) is 0 Å². The van der Waals surface area contributed by atoms with Crippen LogP contribution in [0.1, 0.15) is 27.4 Å². The molecule has 6 heteroatoms. The minimum atomic E-state index is -0.112. The molecule has 0 fully saturated rings. The van der Waals surface area contributed by atoms with E-state index in [1.165, 1.54) is 0 Å². The van der Waals surface area contributed by atoms with E-state index in [2.05, 4.69) is 21.1 Å². The molecule has 21 heavy (non-hydrogen) atoms. The predicted octanol–water partition coefficient (Wildman–Crippen LogP) is 3.33. The van der Waals surface area contributed by atoms with E-state index in [0.717, 1.165) is 21.5 Å². The van der Waals surface area contributed by atoms with Gasteiger partial charge in [0.05, 0.1) is 24.9 Å². The SMILES string of the molecule is COc1cc(Br)ccc1C(=O)N(C)Cc1c(C)noc1C. The lowest BCUT2D eigenvalue weighted by atomic mass is 10.1. The molecule has 0 aliphatic rings. The molecule has 1 aromatic heterocycles. The van der Waals surface area contributed by atoms with E-state index in [1.807, 2.05) is 19.9 Å². The number of rotatable bonds is 4. The molecule has 2 aromatic rings. The van der Waals surface area contributed by atoms with Gasteiger partial charge in [0.1, 0.15) is 11.5 Å². The zero-order valence-corrected chi connectivity index (χ0v) is 14.0. The molecule has 0 saturated carbocycles. The van der Waals surface area contributed by atoms with Gasteiger partial charge in [0, 0.05) is 17.1 Å². The Morgan fingerprint density at radius 2 is 2.14 bits per heavy atom. The average Bonchev–Trinajstić information content (AvgIpc) is 2.78. The van der Waals surface area contributed by atoms with Crippen LogP contribution in [-0.4, -0.2) is 30.1 Å². The van der Waals surface area contributed by atoms with Crippen molar-refractivity contribution >= 4 is 21.8 Å². The van der Waals surface area contributed by atoms with Crippen LogP contribution in [-0.2, 0) is 6.54 Å². The summed E-state index contributed by atoms with van der Waals surface area (Å²) in [4.78, 5) is 14.2. The topological polar surface area (TPSA) is 55.6 Å². The maximum Gasteiger partial charge on any atom is 0.257 e. The van der Waals surface area contributed by atoms with Crippen LogP contribution in [0.3, 0.4) is 0 Å². The van der Waals surface area contributed by atoms with Crippen molar-refractivity contribution in [2.24, 2.45) is 0 Å². The van der Waals surface area contributed by atoms with Crippen molar-refractivity contribution in [2.45, 2.75) is 20.4 Å². The Labute approximate surface area is 132 Å². The minimum absolute atomic E-state index is 0.112. The van der Waals surface area contributed by atoms with Gasteiger partial charge in [-0.1, -0.05) is 21.1 Å². The molecule has 0 bridgehead atoms. The Hall–Kier alpha value is -1.82. The summed E-state index contributed by atoms with van der Waals surface area (Å²) in [6.45, 7) is 4.15. The molecule has 0 atom stereocenters. The van der Waals surface area contributed by atoms with E-state index in [1.54, 1.807) is 31.2 Å². The quantitative estimate of drug-likeness (QED) is 0.846. The molecule has 112 valence electrons. The molecular weight excluding hydrogens is 336 g/mol. The van der Waals surface area contributed by atoms with Crippen LogP contribution in [0.15, 0.2) is 27.2 Å². The maximum atomic E-state index is 12.6. The molecule has 1 amide bonds. The first-order chi connectivity index (χ1) is 9.93. The average molecular weight is 353 g/mol. The Morgan fingerprint density at radius 1 is 1.43 bits per heavy atom. The molecule has 1 aromatic carbocycles. The van der Waals surface area contributed by atoms with Gasteiger partial charge < -0.3 is 14.2 Å². The van der Waals surface area contributed by atoms with Gasteiger partial charge >= 0.3 is 0 Å². The molecule has 1 heterocycles. The fraction of sp³-hybridized carbons (Fsp3) is 0.333. The van der Waals surface area contributed by atoms with E-state index < -0.39 is 0 Å². The largest absolute Gasteiger partial charge is 0.496 e. The molecule has 0 radical (unpaired) electrons. The molecule has 0 spiro atoms. The number of carbonyl (C=O) groups excluding carboxylic acids is 1. The third kappa shape index (κ3) is 3.26. The van der Waals surface area contributed by atoms with Crippen molar-refractivity contribution in [2.75, 3.05) is 14.2 Å². The lowest BCUT2D eigenvalue weighted by Crippen LogP contribution is -2.27. The van der Waals surface area contributed by atoms with E-state index in [9.17, 15) is 4.79 Å². The molecule has 0 unspecified atom stereocenters. The van der Waals surface area contributed by atoms with Gasteiger partial charge in [0.15, 0.2) is 0 Å². The third-order valence-electron chi connectivity index (χ3n) is 3.32. The van der Waals surface area contributed by atoms with Crippen LogP contribution in [0.2, 0.25) is 0 Å². The first kappa shape index (κ1) is 15.6. The Morgan fingerprint density at radius 3 is 2.71 bits per heavy atom. The summed E-state index contributed by atoms with van der Waals surface area (Å²) < 4.78 is 11.3. The van der Waals surface area contributed by atoms with Crippen LogP contribution in [0, 0.1) is 13.8 Å². The summed E-state index contributed by atoms with van der Waals surface area (Å²) in [6, 6.07) is 5.34. The number of benzene rings is 1. The van der Waals surface area contributed by atoms with E-state index in [4.69, 9.17) is 9.26 Å². The summed E-state index contributed by atoms with van der Waals surface area (Å²) in [6.07, 6.45) is 0. The van der Waals surface area contributed by atoms with Crippen LogP contribution in [0.4, 0.5) is 0 Å². The highest BCUT2D eigenvalue weighted by Gasteiger charge is 2.19. The lowest BCUT2D eigenvalue weighted by Gasteiger charge is -2.18. The summed E-state index contributed by atoms with van der Waals surface area (Å²) in [5.74, 6) is 1.16. The van der Waals surface area contributed by atoms with Gasteiger partial charge in [0.25, 0.3) is 5.91 Å². The van der Waals surface area contributed by atoms with Crippen molar-refractivity contribution in [1.29, 1.82) is 0 Å². The number of hydrogen-bond acceptors (Lipinski definition) is 4. The molecule has 0 aliphatic heterocycles.